The van der Waals surface area contributed by atoms with Gasteiger partial charge in [-0.2, -0.15) is 0 Å². The standard InChI is InChI=1S/C22H28O/c1-18(2)8-7-9-19(3)16-20-12-14-22(15-13-20)23-17-21-10-5-4-6-11-21/h4-6,8,10-15,19H,7,9,16-17H2,1-3H3. The van der Waals surface area contributed by atoms with E-state index in [-0.39, 0.29) is 0 Å². The lowest BCUT2D eigenvalue weighted by Gasteiger charge is -2.11. The fourth-order valence-electron chi connectivity index (χ4n) is 2.62. The van der Waals surface area contributed by atoms with Gasteiger partial charge in [-0.3, -0.25) is 0 Å². The number of hydrogen-bond donors (Lipinski definition) is 0. The molecule has 1 unspecified atom stereocenters. The number of hydrogen-bond acceptors (Lipinski definition) is 1. The summed E-state index contributed by atoms with van der Waals surface area (Å²) in [7, 11) is 0. The molecule has 2 rings (SSSR count). The van der Waals surface area contributed by atoms with Crippen LogP contribution in [0, 0.1) is 5.92 Å². The maximum atomic E-state index is 5.84. The van der Waals surface area contributed by atoms with Crippen LogP contribution in [0.5, 0.6) is 5.75 Å². The number of ether oxygens (including phenoxy) is 1. The zero-order valence-electron chi connectivity index (χ0n) is 14.6. The van der Waals surface area contributed by atoms with Gasteiger partial charge in [-0.25, -0.2) is 0 Å². The third kappa shape index (κ3) is 6.73. The fraction of sp³-hybridized carbons (Fsp3) is 0.364. The summed E-state index contributed by atoms with van der Waals surface area (Å²) < 4.78 is 5.84. The lowest BCUT2D eigenvalue weighted by atomic mass is 9.96. The summed E-state index contributed by atoms with van der Waals surface area (Å²) in [5.74, 6) is 1.65. The fourth-order valence-corrected chi connectivity index (χ4v) is 2.62. The van der Waals surface area contributed by atoms with Crippen LogP contribution >= 0.6 is 0 Å². The van der Waals surface area contributed by atoms with Crippen LogP contribution in [-0.4, -0.2) is 0 Å². The van der Waals surface area contributed by atoms with Crippen molar-refractivity contribution in [1.82, 2.24) is 0 Å². The van der Waals surface area contributed by atoms with Crippen molar-refractivity contribution in [2.24, 2.45) is 5.92 Å². The summed E-state index contributed by atoms with van der Waals surface area (Å²) in [5, 5.41) is 0. The molecule has 0 N–H and O–H groups in total. The second-order valence-electron chi connectivity index (χ2n) is 6.59. The second kappa shape index (κ2) is 9.19. The highest BCUT2D eigenvalue weighted by Crippen LogP contribution is 2.18. The molecule has 0 amide bonds. The molecule has 122 valence electrons. The minimum absolute atomic E-state index is 0.624. The summed E-state index contributed by atoms with van der Waals surface area (Å²) >= 11 is 0. The Bertz CT molecular complexity index is 592. The summed E-state index contributed by atoms with van der Waals surface area (Å²) in [5.41, 5.74) is 4.00. The first-order valence-corrected chi connectivity index (χ1v) is 8.52. The van der Waals surface area contributed by atoms with Gasteiger partial charge in [0.15, 0.2) is 0 Å². The second-order valence-corrected chi connectivity index (χ2v) is 6.59. The smallest absolute Gasteiger partial charge is 0.119 e. The lowest BCUT2D eigenvalue weighted by Crippen LogP contribution is -2.00. The maximum Gasteiger partial charge on any atom is 0.119 e. The molecule has 0 saturated carbocycles. The van der Waals surface area contributed by atoms with Crippen molar-refractivity contribution < 1.29 is 4.74 Å². The van der Waals surface area contributed by atoms with E-state index >= 15 is 0 Å². The molecule has 0 saturated heterocycles. The van der Waals surface area contributed by atoms with E-state index in [1.807, 2.05) is 18.2 Å². The molecule has 0 aromatic heterocycles. The zero-order valence-corrected chi connectivity index (χ0v) is 14.6. The normalized spacial score (nSPS) is 11.8. The molecule has 0 aliphatic heterocycles. The van der Waals surface area contributed by atoms with Crippen LogP contribution in [0.2, 0.25) is 0 Å². The van der Waals surface area contributed by atoms with Crippen LogP contribution in [0.3, 0.4) is 0 Å². The predicted molar refractivity (Wildman–Crippen MR) is 98.7 cm³/mol. The van der Waals surface area contributed by atoms with E-state index in [1.165, 1.54) is 29.5 Å². The van der Waals surface area contributed by atoms with Gasteiger partial charge in [0.25, 0.3) is 0 Å². The molecule has 1 nitrogen and oxygen atoms in total. The molecule has 1 atom stereocenters. The highest BCUT2D eigenvalue weighted by molar-refractivity contribution is 5.28. The van der Waals surface area contributed by atoms with Gasteiger partial charge in [-0.15, -0.1) is 0 Å². The van der Waals surface area contributed by atoms with E-state index in [0.717, 1.165) is 12.2 Å². The van der Waals surface area contributed by atoms with Crippen LogP contribution in [0.25, 0.3) is 0 Å². The van der Waals surface area contributed by atoms with E-state index in [4.69, 9.17) is 4.74 Å². The van der Waals surface area contributed by atoms with Crippen LogP contribution in [0.4, 0.5) is 0 Å². The molecular formula is C22H28O. The maximum absolute atomic E-state index is 5.84. The number of allylic oxidation sites excluding steroid dienone is 2. The summed E-state index contributed by atoms with van der Waals surface area (Å²) in [6.45, 7) is 7.29. The van der Waals surface area contributed by atoms with Crippen molar-refractivity contribution >= 4 is 0 Å². The van der Waals surface area contributed by atoms with Gasteiger partial charge in [0.05, 0.1) is 0 Å². The highest BCUT2D eigenvalue weighted by atomic mass is 16.5. The molecule has 0 aliphatic rings. The van der Waals surface area contributed by atoms with E-state index in [0.29, 0.717) is 12.5 Å². The molecule has 0 heterocycles. The third-order valence-corrected chi connectivity index (χ3v) is 3.97. The van der Waals surface area contributed by atoms with Gasteiger partial charge < -0.3 is 4.74 Å². The Morgan fingerprint density at radius 3 is 2.30 bits per heavy atom. The van der Waals surface area contributed by atoms with E-state index in [2.05, 4.69) is 63.2 Å². The molecule has 0 radical (unpaired) electrons. The lowest BCUT2D eigenvalue weighted by molar-refractivity contribution is 0.306. The van der Waals surface area contributed by atoms with Crippen molar-refractivity contribution in [3.05, 3.63) is 77.4 Å². The Morgan fingerprint density at radius 2 is 1.65 bits per heavy atom. The topological polar surface area (TPSA) is 9.23 Å². The molecule has 0 aliphatic carbocycles. The predicted octanol–water partition coefficient (Wildman–Crippen LogP) is 6.19. The van der Waals surface area contributed by atoms with Crippen molar-refractivity contribution in [3.63, 3.8) is 0 Å². The molecule has 1 heteroatoms. The van der Waals surface area contributed by atoms with Crippen LogP contribution < -0.4 is 4.74 Å². The highest BCUT2D eigenvalue weighted by Gasteiger charge is 2.04. The van der Waals surface area contributed by atoms with E-state index < -0.39 is 0 Å². The van der Waals surface area contributed by atoms with Gasteiger partial charge in [-0.1, -0.05) is 61.0 Å². The van der Waals surface area contributed by atoms with Gasteiger partial charge in [-0.05, 0) is 62.3 Å². The first-order valence-electron chi connectivity index (χ1n) is 8.52. The molecule has 23 heavy (non-hydrogen) atoms. The summed E-state index contributed by atoms with van der Waals surface area (Å²) in [6.07, 6.45) is 5.89. The van der Waals surface area contributed by atoms with Crippen molar-refractivity contribution in [2.45, 2.75) is 46.6 Å². The average Bonchev–Trinajstić information content (AvgIpc) is 2.55. The first kappa shape index (κ1) is 17.3. The first-order chi connectivity index (χ1) is 11.1. The van der Waals surface area contributed by atoms with Crippen molar-refractivity contribution in [2.75, 3.05) is 0 Å². The van der Waals surface area contributed by atoms with Gasteiger partial charge in [0.2, 0.25) is 0 Å². The van der Waals surface area contributed by atoms with Gasteiger partial charge in [0.1, 0.15) is 12.4 Å². The van der Waals surface area contributed by atoms with Gasteiger partial charge in [0, 0.05) is 0 Å². The Morgan fingerprint density at radius 1 is 0.957 bits per heavy atom. The van der Waals surface area contributed by atoms with Crippen LogP contribution in [0.15, 0.2) is 66.2 Å². The molecular weight excluding hydrogens is 280 g/mol. The van der Waals surface area contributed by atoms with Crippen molar-refractivity contribution in [3.8, 4) is 5.75 Å². The van der Waals surface area contributed by atoms with E-state index in [9.17, 15) is 0 Å². The molecule has 0 fully saturated rings. The van der Waals surface area contributed by atoms with E-state index in [1.54, 1.807) is 0 Å². The Kier molecular flexibility index (Phi) is 6.93. The quantitative estimate of drug-likeness (QED) is 0.528. The Labute approximate surface area is 141 Å². The minimum Gasteiger partial charge on any atom is -0.489 e. The minimum atomic E-state index is 0.624. The van der Waals surface area contributed by atoms with Crippen LogP contribution in [0.1, 0.15) is 44.7 Å². The number of rotatable bonds is 8. The molecule has 0 spiro atoms. The molecule has 2 aromatic rings. The average molecular weight is 308 g/mol. The molecule has 2 aromatic carbocycles. The van der Waals surface area contributed by atoms with Crippen molar-refractivity contribution in [1.29, 1.82) is 0 Å². The largest absolute Gasteiger partial charge is 0.489 e. The summed E-state index contributed by atoms with van der Waals surface area (Å²) in [6, 6.07) is 18.8. The van der Waals surface area contributed by atoms with Gasteiger partial charge >= 0.3 is 0 Å². The Balaban J connectivity index is 1.78. The zero-order chi connectivity index (χ0) is 16.5. The monoisotopic (exact) mass is 308 g/mol. The third-order valence-electron chi connectivity index (χ3n) is 3.97. The number of benzene rings is 2. The Hall–Kier alpha value is -2.02. The molecule has 0 bridgehead atoms. The summed E-state index contributed by atoms with van der Waals surface area (Å²) in [4.78, 5) is 0. The SMILES string of the molecule is CC(C)=CCCC(C)Cc1ccc(OCc2ccccc2)cc1. The van der Waals surface area contributed by atoms with Crippen LogP contribution in [-0.2, 0) is 13.0 Å².